The van der Waals surface area contributed by atoms with Crippen LogP contribution in [0.4, 0.5) is 4.79 Å². The quantitative estimate of drug-likeness (QED) is 0.429. The van der Waals surface area contributed by atoms with Gasteiger partial charge in [-0.05, 0) is 18.8 Å². The summed E-state index contributed by atoms with van der Waals surface area (Å²) in [5.74, 6) is 0.317. The van der Waals surface area contributed by atoms with Gasteiger partial charge in [0.25, 0.3) is 0 Å². The van der Waals surface area contributed by atoms with Crippen LogP contribution in [0.5, 0.6) is 0 Å². The van der Waals surface area contributed by atoms with Crippen molar-refractivity contribution >= 4 is 23.4 Å². The summed E-state index contributed by atoms with van der Waals surface area (Å²) < 4.78 is 0. The number of hydrogen-bond acceptors (Lipinski definition) is 4. The summed E-state index contributed by atoms with van der Waals surface area (Å²) in [4.78, 5) is 15.5. The minimum atomic E-state index is -0.618. The average Bonchev–Trinajstić information content (AvgIpc) is 2.84. The van der Waals surface area contributed by atoms with Crippen molar-refractivity contribution in [3.05, 3.63) is 0 Å². The number of rotatable bonds is 1. The van der Waals surface area contributed by atoms with Crippen LogP contribution in [0, 0.1) is 29.1 Å². The summed E-state index contributed by atoms with van der Waals surface area (Å²) in [6.07, 6.45) is 1.09. The molecule has 2 aliphatic carbocycles. The third kappa shape index (κ3) is 1.74. The maximum Gasteiger partial charge on any atom is 0.433 e. The first-order chi connectivity index (χ1) is 7.67. The predicted molar refractivity (Wildman–Crippen MR) is 57.9 cm³/mol. The fraction of sp³-hybridized carbons (Fsp3) is 0.700. The maximum atomic E-state index is 10.9. The maximum absolute atomic E-state index is 10.9. The van der Waals surface area contributed by atoms with E-state index in [0.717, 1.165) is 12.8 Å². The molecule has 0 aliphatic heterocycles. The van der Waals surface area contributed by atoms with Crippen molar-refractivity contribution in [3.8, 4) is 6.07 Å². The van der Waals surface area contributed by atoms with E-state index in [9.17, 15) is 4.79 Å². The molecule has 5 nitrogen and oxygen atoms in total. The molecule has 1 N–H and O–H groups in total. The molecular weight excluding hydrogens is 230 g/mol. The van der Waals surface area contributed by atoms with Gasteiger partial charge >= 0.3 is 6.09 Å². The molecule has 0 radical (unpaired) electrons. The van der Waals surface area contributed by atoms with Gasteiger partial charge in [-0.3, -0.25) is 4.84 Å². The van der Waals surface area contributed by atoms with E-state index >= 15 is 0 Å². The van der Waals surface area contributed by atoms with Gasteiger partial charge in [-0.25, -0.2) is 4.79 Å². The second kappa shape index (κ2) is 4.30. The van der Waals surface area contributed by atoms with Crippen LogP contribution < -0.4 is 5.32 Å². The van der Waals surface area contributed by atoms with Gasteiger partial charge in [0.05, 0.1) is 23.1 Å². The molecule has 4 unspecified atom stereocenters. The molecule has 0 spiro atoms. The first-order valence-corrected chi connectivity index (χ1v) is 5.61. The number of alkyl halides is 1. The minimum absolute atomic E-state index is 0.0352. The molecule has 2 saturated carbocycles. The number of hydrogen-bond donors (Lipinski definition) is 1. The molecule has 6 heteroatoms. The molecule has 2 aliphatic rings. The molecule has 0 saturated heterocycles. The van der Waals surface area contributed by atoms with Crippen molar-refractivity contribution in [2.45, 2.75) is 18.2 Å². The zero-order valence-corrected chi connectivity index (χ0v) is 9.57. The van der Waals surface area contributed by atoms with Crippen LogP contribution in [0.1, 0.15) is 12.8 Å². The molecule has 2 rings (SSSR count). The van der Waals surface area contributed by atoms with Gasteiger partial charge in [0.2, 0.25) is 0 Å². The Morgan fingerprint density at radius 3 is 3.00 bits per heavy atom. The standard InChI is InChI=1S/C10H12ClN3O2/c1-13-10(15)16-14-9-7-3-5(8(9)11)2-6(7)4-12/h5-8H,2-3H2,1H3,(H,13,15)/b14-9-. The van der Waals surface area contributed by atoms with Gasteiger partial charge in [0, 0.05) is 13.0 Å². The Morgan fingerprint density at radius 2 is 2.44 bits per heavy atom. The third-order valence-electron chi connectivity index (χ3n) is 3.28. The molecule has 1 amide bonds. The van der Waals surface area contributed by atoms with E-state index in [4.69, 9.17) is 16.9 Å². The fourth-order valence-electron chi connectivity index (χ4n) is 2.49. The van der Waals surface area contributed by atoms with E-state index in [2.05, 4.69) is 21.4 Å². The highest BCUT2D eigenvalue weighted by atomic mass is 35.5. The van der Waals surface area contributed by atoms with E-state index in [1.165, 1.54) is 7.05 Å². The van der Waals surface area contributed by atoms with E-state index in [1.807, 2.05) is 0 Å². The second-order valence-corrected chi connectivity index (χ2v) is 4.59. The van der Waals surface area contributed by atoms with Crippen molar-refractivity contribution in [3.63, 3.8) is 0 Å². The van der Waals surface area contributed by atoms with E-state index in [1.54, 1.807) is 0 Å². The van der Waals surface area contributed by atoms with Crippen LogP contribution in [-0.2, 0) is 4.84 Å². The SMILES string of the molecule is CNC(=O)O/N=C1\C(Cl)C2CC(C#N)C1C2. The van der Waals surface area contributed by atoms with Crippen LogP contribution in [0.2, 0.25) is 0 Å². The number of amides is 1. The lowest BCUT2D eigenvalue weighted by atomic mass is 9.88. The van der Waals surface area contributed by atoms with Crippen LogP contribution >= 0.6 is 11.6 Å². The molecule has 2 bridgehead atoms. The number of nitrogens with one attached hydrogen (secondary N) is 1. The first kappa shape index (κ1) is 11.2. The largest absolute Gasteiger partial charge is 0.433 e. The summed E-state index contributed by atoms with van der Waals surface area (Å²) in [6.45, 7) is 0. The summed E-state index contributed by atoms with van der Waals surface area (Å²) in [6, 6.07) is 2.25. The van der Waals surface area contributed by atoms with Crippen molar-refractivity contribution in [2.75, 3.05) is 7.05 Å². The Balaban J connectivity index is 2.10. The lowest BCUT2D eigenvalue weighted by Gasteiger charge is -2.20. The van der Waals surface area contributed by atoms with Crippen molar-refractivity contribution in [1.82, 2.24) is 5.32 Å². The first-order valence-electron chi connectivity index (χ1n) is 5.17. The number of nitrogens with zero attached hydrogens (tertiary/aromatic N) is 2. The Labute approximate surface area is 98.4 Å². The van der Waals surface area contributed by atoms with E-state index in [0.29, 0.717) is 11.6 Å². The number of carbonyl (C=O) groups is 1. The zero-order chi connectivity index (χ0) is 11.7. The second-order valence-electron chi connectivity index (χ2n) is 4.12. The third-order valence-corrected chi connectivity index (χ3v) is 3.86. The highest BCUT2D eigenvalue weighted by Gasteiger charge is 2.50. The Hall–Kier alpha value is -1.28. The molecule has 4 atom stereocenters. The van der Waals surface area contributed by atoms with Gasteiger partial charge in [0.15, 0.2) is 0 Å². The number of oxime groups is 1. The van der Waals surface area contributed by atoms with Crippen LogP contribution in [-0.4, -0.2) is 24.2 Å². The molecule has 0 aromatic heterocycles. The predicted octanol–water partition coefficient (Wildman–Crippen LogP) is 1.49. The van der Waals surface area contributed by atoms with Crippen molar-refractivity contribution in [1.29, 1.82) is 5.26 Å². The zero-order valence-electron chi connectivity index (χ0n) is 8.81. The molecular formula is C10H12ClN3O2. The highest BCUT2D eigenvalue weighted by Crippen LogP contribution is 2.48. The Kier molecular flexibility index (Phi) is 3.01. The lowest BCUT2D eigenvalue weighted by Crippen LogP contribution is -2.29. The Bertz CT molecular complexity index is 377. The minimum Gasteiger partial charge on any atom is -0.323 e. The molecule has 86 valence electrons. The van der Waals surface area contributed by atoms with Crippen molar-refractivity contribution in [2.24, 2.45) is 22.9 Å². The molecule has 16 heavy (non-hydrogen) atoms. The van der Waals surface area contributed by atoms with Gasteiger partial charge in [0.1, 0.15) is 0 Å². The molecule has 0 aromatic carbocycles. The molecule has 2 fully saturated rings. The van der Waals surface area contributed by atoms with Gasteiger partial charge < -0.3 is 5.32 Å². The topological polar surface area (TPSA) is 74.5 Å². The van der Waals surface area contributed by atoms with Crippen LogP contribution in [0.3, 0.4) is 0 Å². The monoisotopic (exact) mass is 241 g/mol. The molecule has 0 aromatic rings. The smallest absolute Gasteiger partial charge is 0.323 e. The van der Waals surface area contributed by atoms with Crippen molar-refractivity contribution < 1.29 is 9.63 Å². The number of nitriles is 1. The normalized spacial score (nSPS) is 38.4. The lowest BCUT2D eigenvalue weighted by molar-refractivity contribution is 0.152. The van der Waals surface area contributed by atoms with Gasteiger partial charge in [-0.1, -0.05) is 5.16 Å². The summed E-state index contributed by atoms with van der Waals surface area (Å²) in [5, 5.41) is 14.8. The number of halogens is 1. The Morgan fingerprint density at radius 1 is 1.69 bits per heavy atom. The van der Waals surface area contributed by atoms with Crippen LogP contribution in [0.15, 0.2) is 5.16 Å². The fourth-order valence-corrected chi connectivity index (χ4v) is 2.90. The van der Waals surface area contributed by atoms with E-state index < -0.39 is 6.09 Å². The van der Waals surface area contributed by atoms with Gasteiger partial charge in [-0.2, -0.15) is 5.26 Å². The molecule has 0 heterocycles. The van der Waals surface area contributed by atoms with Gasteiger partial charge in [-0.15, -0.1) is 11.6 Å². The summed E-state index contributed by atoms with van der Waals surface area (Å²) in [7, 11) is 1.46. The highest BCUT2D eigenvalue weighted by molar-refractivity contribution is 6.33. The number of fused-ring (bicyclic) bond motifs is 2. The van der Waals surface area contributed by atoms with E-state index in [-0.39, 0.29) is 17.2 Å². The summed E-state index contributed by atoms with van der Waals surface area (Å²) in [5.41, 5.74) is 0.646. The average molecular weight is 242 g/mol. The van der Waals surface area contributed by atoms with Crippen LogP contribution in [0.25, 0.3) is 0 Å². The number of carbonyl (C=O) groups excluding carboxylic acids is 1. The summed E-state index contributed by atoms with van der Waals surface area (Å²) >= 11 is 6.17.